The van der Waals surface area contributed by atoms with Gasteiger partial charge in [0.05, 0.1) is 12.4 Å². The summed E-state index contributed by atoms with van der Waals surface area (Å²) < 4.78 is 5.32. The second kappa shape index (κ2) is 7.39. The van der Waals surface area contributed by atoms with E-state index in [9.17, 15) is 0 Å². The fraction of sp³-hybridized carbons (Fsp3) is 0.600. The normalized spacial score (nSPS) is 9.18. The molecule has 0 bridgehead atoms. The van der Waals surface area contributed by atoms with Crippen molar-refractivity contribution in [3.8, 4) is 0 Å². The summed E-state index contributed by atoms with van der Waals surface area (Å²) in [5, 5.41) is 0. The van der Waals surface area contributed by atoms with E-state index in [0.29, 0.717) is 0 Å². The Morgan fingerprint density at radius 3 is 2.73 bits per heavy atom. The maximum Gasteiger partial charge on any atom is 0.0925 e. The lowest BCUT2D eigenvalue weighted by Gasteiger charge is -2.05. The maximum atomic E-state index is 5.32. The van der Waals surface area contributed by atoms with E-state index in [1.807, 2.05) is 6.08 Å². The predicted octanol–water partition coefficient (Wildman–Crippen LogP) is 3.28. The van der Waals surface area contributed by atoms with Gasteiger partial charge in [0.1, 0.15) is 0 Å². The zero-order chi connectivity index (χ0) is 8.53. The molecule has 0 heterocycles. The Hall–Kier alpha value is -0.720. The van der Waals surface area contributed by atoms with Crippen LogP contribution in [0.4, 0.5) is 0 Å². The molecular formula is C10H18O. The molecule has 0 aliphatic carbocycles. The molecule has 0 spiro atoms. The number of allylic oxidation sites excluding steroid dienone is 1. The Morgan fingerprint density at radius 1 is 1.45 bits per heavy atom. The zero-order valence-corrected chi connectivity index (χ0v) is 7.44. The highest BCUT2D eigenvalue weighted by Gasteiger charge is 1.90. The molecule has 0 unspecified atom stereocenters. The smallest absolute Gasteiger partial charge is 0.0925 e. The second-order valence-electron chi connectivity index (χ2n) is 2.59. The Labute approximate surface area is 69.8 Å². The molecule has 0 aliphatic rings. The van der Waals surface area contributed by atoms with Gasteiger partial charge in [-0.2, -0.15) is 0 Å². The quantitative estimate of drug-likeness (QED) is 0.310. The lowest BCUT2D eigenvalue weighted by molar-refractivity contribution is 0.203. The van der Waals surface area contributed by atoms with Crippen LogP contribution >= 0.6 is 0 Å². The summed E-state index contributed by atoms with van der Waals surface area (Å²) in [6.07, 6.45) is 6.18. The number of rotatable bonds is 7. The monoisotopic (exact) mass is 154 g/mol. The van der Waals surface area contributed by atoms with Crippen LogP contribution in [0.1, 0.15) is 32.6 Å². The van der Waals surface area contributed by atoms with Crippen LogP contribution in [0, 0.1) is 0 Å². The van der Waals surface area contributed by atoms with Crippen LogP contribution in [0.25, 0.3) is 0 Å². The molecule has 1 heteroatoms. The highest BCUT2D eigenvalue weighted by atomic mass is 16.5. The Bertz CT molecular complexity index is 116. The molecule has 1 nitrogen and oxygen atoms in total. The molecule has 0 atom stereocenters. The molecule has 0 N–H and O–H groups in total. The molecule has 0 radical (unpaired) electrons. The Balaban J connectivity index is 3.10. The van der Waals surface area contributed by atoms with E-state index >= 15 is 0 Å². The highest BCUT2D eigenvalue weighted by molar-refractivity contribution is 4.90. The van der Waals surface area contributed by atoms with Crippen LogP contribution in [0.15, 0.2) is 25.0 Å². The van der Waals surface area contributed by atoms with Crippen LogP contribution in [0.2, 0.25) is 0 Å². The molecule has 11 heavy (non-hydrogen) atoms. The first-order valence-corrected chi connectivity index (χ1v) is 4.22. The number of unbranched alkanes of at least 4 members (excludes halogenated alkanes) is 2. The molecule has 0 saturated carbocycles. The molecule has 0 aromatic rings. The van der Waals surface area contributed by atoms with Gasteiger partial charge >= 0.3 is 0 Å². The number of hydrogen-bond acceptors (Lipinski definition) is 1. The Morgan fingerprint density at radius 2 is 2.18 bits per heavy atom. The van der Waals surface area contributed by atoms with Crippen LogP contribution < -0.4 is 0 Å². The lowest BCUT2D eigenvalue weighted by atomic mass is 10.3. The predicted molar refractivity (Wildman–Crippen MR) is 49.4 cm³/mol. The van der Waals surface area contributed by atoms with Crippen molar-refractivity contribution in [2.75, 3.05) is 6.61 Å². The van der Waals surface area contributed by atoms with Crippen molar-refractivity contribution < 1.29 is 4.74 Å². The minimum Gasteiger partial charge on any atom is -0.498 e. The van der Waals surface area contributed by atoms with Gasteiger partial charge in [-0.3, -0.25) is 0 Å². The van der Waals surface area contributed by atoms with E-state index in [4.69, 9.17) is 4.74 Å². The number of ether oxygens (including phenoxy) is 1. The van der Waals surface area contributed by atoms with Crippen molar-refractivity contribution >= 4 is 0 Å². The SMILES string of the molecule is C=CCC(=C)OCCCCC. The van der Waals surface area contributed by atoms with Gasteiger partial charge in [0.25, 0.3) is 0 Å². The molecule has 64 valence electrons. The molecular weight excluding hydrogens is 136 g/mol. The van der Waals surface area contributed by atoms with Crippen molar-refractivity contribution in [1.82, 2.24) is 0 Å². The van der Waals surface area contributed by atoms with E-state index in [-0.39, 0.29) is 0 Å². The molecule has 0 aromatic heterocycles. The van der Waals surface area contributed by atoms with E-state index in [2.05, 4.69) is 20.1 Å². The van der Waals surface area contributed by atoms with Gasteiger partial charge in [-0.15, -0.1) is 6.58 Å². The van der Waals surface area contributed by atoms with Gasteiger partial charge in [-0.25, -0.2) is 0 Å². The van der Waals surface area contributed by atoms with Crippen molar-refractivity contribution in [1.29, 1.82) is 0 Å². The summed E-state index contributed by atoms with van der Waals surface area (Å²) in [4.78, 5) is 0. The van der Waals surface area contributed by atoms with Gasteiger partial charge < -0.3 is 4.74 Å². The second-order valence-corrected chi connectivity index (χ2v) is 2.59. The standard InChI is InChI=1S/C10H18O/c1-4-6-7-9-11-10(3)8-5-2/h5H,2-4,6-9H2,1H3. The van der Waals surface area contributed by atoms with Crippen LogP contribution in [-0.2, 0) is 4.74 Å². The lowest BCUT2D eigenvalue weighted by Crippen LogP contribution is -1.92. The van der Waals surface area contributed by atoms with Gasteiger partial charge in [0, 0.05) is 6.42 Å². The van der Waals surface area contributed by atoms with Crippen LogP contribution in [0.5, 0.6) is 0 Å². The fourth-order valence-corrected chi connectivity index (χ4v) is 0.788. The summed E-state index contributed by atoms with van der Waals surface area (Å²) in [7, 11) is 0. The first-order valence-electron chi connectivity index (χ1n) is 4.22. The average molecular weight is 154 g/mol. The third-order valence-corrected chi connectivity index (χ3v) is 1.43. The minimum atomic E-state index is 0.770. The van der Waals surface area contributed by atoms with E-state index < -0.39 is 0 Å². The van der Waals surface area contributed by atoms with Gasteiger partial charge in [0.15, 0.2) is 0 Å². The minimum absolute atomic E-state index is 0.770. The summed E-state index contributed by atoms with van der Waals surface area (Å²) in [6, 6.07) is 0. The summed E-state index contributed by atoms with van der Waals surface area (Å²) in [5.41, 5.74) is 0. The van der Waals surface area contributed by atoms with Crippen molar-refractivity contribution in [3.63, 3.8) is 0 Å². The summed E-state index contributed by atoms with van der Waals surface area (Å²) in [6.45, 7) is 10.3. The molecule has 0 aliphatic heterocycles. The van der Waals surface area contributed by atoms with Crippen molar-refractivity contribution in [2.45, 2.75) is 32.6 Å². The number of hydrogen-bond donors (Lipinski definition) is 0. The largest absolute Gasteiger partial charge is 0.498 e. The molecule has 0 saturated heterocycles. The fourth-order valence-electron chi connectivity index (χ4n) is 0.788. The Kier molecular flexibility index (Phi) is 6.90. The van der Waals surface area contributed by atoms with E-state index in [1.54, 1.807) is 0 Å². The van der Waals surface area contributed by atoms with E-state index in [1.165, 1.54) is 12.8 Å². The summed E-state index contributed by atoms with van der Waals surface area (Å²) in [5.74, 6) is 0.830. The zero-order valence-electron chi connectivity index (χ0n) is 7.44. The highest BCUT2D eigenvalue weighted by Crippen LogP contribution is 2.02. The van der Waals surface area contributed by atoms with Crippen LogP contribution in [0.3, 0.4) is 0 Å². The third-order valence-electron chi connectivity index (χ3n) is 1.43. The molecule has 0 fully saturated rings. The first kappa shape index (κ1) is 10.3. The molecule has 0 rings (SSSR count). The maximum absolute atomic E-state index is 5.32. The third kappa shape index (κ3) is 7.17. The van der Waals surface area contributed by atoms with E-state index in [0.717, 1.165) is 25.2 Å². The van der Waals surface area contributed by atoms with Gasteiger partial charge in [-0.1, -0.05) is 32.4 Å². The summed E-state index contributed by atoms with van der Waals surface area (Å²) >= 11 is 0. The molecule has 0 aromatic carbocycles. The average Bonchev–Trinajstić information content (AvgIpc) is 1.99. The molecule has 0 amide bonds. The van der Waals surface area contributed by atoms with Gasteiger partial charge in [-0.05, 0) is 6.42 Å². The van der Waals surface area contributed by atoms with Crippen molar-refractivity contribution in [2.24, 2.45) is 0 Å². The van der Waals surface area contributed by atoms with Crippen LogP contribution in [-0.4, -0.2) is 6.61 Å². The van der Waals surface area contributed by atoms with Crippen molar-refractivity contribution in [3.05, 3.63) is 25.0 Å². The first-order chi connectivity index (χ1) is 5.31. The topological polar surface area (TPSA) is 9.23 Å². The van der Waals surface area contributed by atoms with Gasteiger partial charge in [0.2, 0.25) is 0 Å².